The van der Waals surface area contributed by atoms with Crippen molar-refractivity contribution < 1.29 is 4.74 Å². The van der Waals surface area contributed by atoms with E-state index < -0.39 is 0 Å². The lowest BCUT2D eigenvalue weighted by Gasteiger charge is -2.12. The summed E-state index contributed by atoms with van der Waals surface area (Å²) in [6, 6.07) is 3.81. The van der Waals surface area contributed by atoms with Gasteiger partial charge in [-0.15, -0.1) is 0 Å². The molecule has 0 saturated heterocycles. The highest BCUT2D eigenvalue weighted by molar-refractivity contribution is 6.01. The van der Waals surface area contributed by atoms with Crippen molar-refractivity contribution in [2.45, 2.75) is 33.2 Å². The summed E-state index contributed by atoms with van der Waals surface area (Å²) >= 11 is 0. The first-order valence-corrected chi connectivity index (χ1v) is 8.18. The summed E-state index contributed by atoms with van der Waals surface area (Å²) in [4.78, 5) is 22.8. The number of pyridine rings is 1. The topological polar surface area (TPSA) is 108 Å². The van der Waals surface area contributed by atoms with Crippen LogP contribution in [-0.2, 0) is 11.3 Å². The van der Waals surface area contributed by atoms with Crippen LogP contribution in [0.15, 0.2) is 28.1 Å². The van der Waals surface area contributed by atoms with Crippen LogP contribution < -0.4 is 11.0 Å². The molecular formula is C17H24N6O2. The molecule has 3 N–H and O–H groups in total. The van der Waals surface area contributed by atoms with Crippen molar-refractivity contribution in [2.24, 2.45) is 4.99 Å². The maximum absolute atomic E-state index is 12.3. The van der Waals surface area contributed by atoms with Gasteiger partial charge in [0.15, 0.2) is 5.84 Å². The van der Waals surface area contributed by atoms with Crippen molar-refractivity contribution in [1.29, 1.82) is 5.41 Å². The smallest absolute Gasteiger partial charge is 0.328 e. The van der Waals surface area contributed by atoms with E-state index >= 15 is 0 Å². The molecule has 2 heterocycles. The first kappa shape index (κ1) is 18.6. The Morgan fingerprint density at radius 1 is 1.52 bits per heavy atom. The molecule has 0 aliphatic carbocycles. The predicted octanol–water partition coefficient (Wildman–Crippen LogP) is 2.14. The molecule has 0 spiro atoms. The van der Waals surface area contributed by atoms with Gasteiger partial charge in [0, 0.05) is 18.5 Å². The van der Waals surface area contributed by atoms with Crippen molar-refractivity contribution in [1.82, 2.24) is 14.5 Å². The molecule has 0 fully saturated rings. The molecule has 0 aliphatic rings. The van der Waals surface area contributed by atoms with Gasteiger partial charge in [-0.2, -0.15) is 0 Å². The van der Waals surface area contributed by atoms with Gasteiger partial charge in [0.2, 0.25) is 0 Å². The van der Waals surface area contributed by atoms with Gasteiger partial charge in [-0.1, -0.05) is 19.4 Å². The second-order valence-corrected chi connectivity index (χ2v) is 5.64. The second-order valence-electron chi connectivity index (χ2n) is 5.64. The van der Waals surface area contributed by atoms with Gasteiger partial charge in [-0.25, -0.2) is 9.79 Å². The third-order valence-electron chi connectivity index (χ3n) is 3.68. The molecule has 0 amide bonds. The number of rotatable bonds is 9. The van der Waals surface area contributed by atoms with Crippen molar-refractivity contribution in [3.8, 4) is 0 Å². The van der Waals surface area contributed by atoms with Crippen LogP contribution in [0.5, 0.6) is 0 Å². The molecular weight excluding hydrogens is 320 g/mol. The van der Waals surface area contributed by atoms with Crippen LogP contribution in [0, 0.1) is 12.3 Å². The normalized spacial score (nSPS) is 10.6. The van der Waals surface area contributed by atoms with Gasteiger partial charge in [0.1, 0.15) is 18.2 Å². The molecule has 8 heteroatoms. The molecule has 0 saturated carbocycles. The molecule has 25 heavy (non-hydrogen) atoms. The van der Waals surface area contributed by atoms with E-state index in [9.17, 15) is 4.79 Å². The Bertz CT molecular complexity index is 775. The summed E-state index contributed by atoms with van der Waals surface area (Å²) < 4.78 is 7.01. The number of hydrogen-bond acceptors (Lipinski definition) is 5. The Kier molecular flexibility index (Phi) is 6.64. The number of H-pyrrole nitrogens is 1. The summed E-state index contributed by atoms with van der Waals surface area (Å²) in [6.07, 6.45) is 3.74. The molecule has 2 aromatic rings. The summed E-state index contributed by atoms with van der Waals surface area (Å²) in [5, 5.41) is 10.9. The summed E-state index contributed by atoms with van der Waals surface area (Å²) in [5.41, 5.74) is 1.75. The van der Waals surface area contributed by atoms with Crippen LogP contribution in [0.4, 0.5) is 5.82 Å². The van der Waals surface area contributed by atoms with E-state index in [2.05, 4.69) is 33.9 Å². The van der Waals surface area contributed by atoms with Crippen LogP contribution in [0.3, 0.4) is 0 Å². The van der Waals surface area contributed by atoms with Crippen LogP contribution in [-0.4, -0.2) is 40.4 Å². The number of aliphatic imine (C=N–C) groups is 1. The Morgan fingerprint density at radius 2 is 2.32 bits per heavy atom. The average Bonchev–Trinajstić information content (AvgIpc) is 2.92. The number of anilines is 1. The van der Waals surface area contributed by atoms with E-state index in [1.54, 1.807) is 6.20 Å². The lowest BCUT2D eigenvalue weighted by molar-refractivity contribution is 0.148. The lowest BCUT2D eigenvalue weighted by Crippen LogP contribution is -2.21. The predicted molar refractivity (Wildman–Crippen MR) is 98.9 cm³/mol. The summed E-state index contributed by atoms with van der Waals surface area (Å²) in [5.74, 6) is 0.355. The minimum atomic E-state index is -0.333. The van der Waals surface area contributed by atoms with Gasteiger partial charge in [0.05, 0.1) is 6.54 Å². The van der Waals surface area contributed by atoms with E-state index in [1.807, 2.05) is 19.1 Å². The number of unbranched alkanes of at least 4 members (excludes halogenated alkanes) is 1. The molecule has 2 aromatic heterocycles. The van der Waals surface area contributed by atoms with Crippen molar-refractivity contribution in [2.75, 3.05) is 18.7 Å². The number of imidazole rings is 1. The number of aromatic nitrogens is 3. The maximum Gasteiger partial charge on any atom is 0.328 e. The Morgan fingerprint density at radius 3 is 2.96 bits per heavy atom. The number of aromatic amines is 1. The number of nitrogens with zero attached hydrogens (tertiary/aromatic N) is 3. The van der Waals surface area contributed by atoms with Crippen LogP contribution in [0.1, 0.15) is 36.7 Å². The van der Waals surface area contributed by atoms with Crippen LogP contribution in [0.2, 0.25) is 0 Å². The zero-order valence-corrected chi connectivity index (χ0v) is 14.6. The highest BCUT2D eigenvalue weighted by atomic mass is 16.5. The quantitative estimate of drug-likeness (QED) is 0.280. The number of amidine groups is 1. The molecule has 134 valence electrons. The van der Waals surface area contributed by atoms with E-state index in [1.165, 1.54) is 4.57 Å². The molecule has 2 rings (SSSR count). The standard InChI is InChI=1S/C17H24N6O2/c1-4-5-8-25-11-21-16-14(15(18)19-3)22-17(24)23(16)10-13-7-6-12(2)20-9-13/h6-7,9,18,21H,3-5,8,10-11H2,1-2H3,(H,22,24). The highest BCUT2D eigenvalue weighted by Gasteiger charge is 2.17. The van der Waals surface area contributed by atoms with E-state index in [-0.39, 0.29) is 18.3 Å². The lowest BCUT2D eigenvalue weighted by atomic mass is 10.2. The summed E-state index contributed by atoms with van der Waals surface area (Å²) in [7, 11) is 0. The largest absolute Gasteiger partial charge is 0.361 e. The fourth-order valence-electron chi connectivity index (χ4n) is 2.27. The van der Waals surface area contributed by atoms with Gasteiger partial charge in [0.25, 0.3) is 0 Å². The van der Waals surface area contributed by atoms with Crippen molar-refractivity contribution in [3.63, 3.8) is 0 Å². The fourth-order valence-corrected chi connectivity index (χ4v) is 2.27. The monoisotopic (exact) mass is 344 g/mol. The third-order valence-corrected chi connectivity index (χ3v) is 3.68. The van der Waals surface area contributed by atoms with Crippen LogP contribution >= 0.6 is 0 Å². The minimum Gasteiger partial charge on any atom is -0.361 e. The number of nitrogens with one attached hydrogen (secondary N) is 3. The van der Waals surface area contributed by atoms with Gasteiger partial charge in [-0.3, -0.25) is 15.0 Å². The minimum absolute atomic E-state index is 0.103. The molecule has 8 nitrogen and oxygen atoms in total. The van der Waals surface area contributed by atoms with Gasteiger partial charge in [-0.05, 0) is 31.7 Å². The molecule has 0 aromatic carbocycles. The van der Waals surface area contributed by atoms with Crippen molar-refractivity contribution >= 4 is 18.4 Å². The first-order valence-electron chi connectivity index (χ1n) is 8.18. The third kappa shape index (κ3) is 4.87. The summed E-state index contributed by atoms with van der Waals surface area (Å²) in [6.45, 7) is 8.54. The van der Waals surface area contributed by atoms with Crippen LogP contribution in [0.25, 0.3) is 0 Å². The molecule has 0 bridgehead atoms. The van der Waals surface area contributed by atoms with Gasteiger partial charge < -0.3 is 15.0 Å². The highest BCUT2D eigenvalue weighted by Crippen LogP contribution is 2.15. The maximum atomic E-state index is 12.3. The molecule has 0 unspecified atom stereocenters. The Labute approximate surface area is 146 Å². The van der Waals surface area contributed by atoms with Gasteiger partial charge >= 0.3 is 5.69 Å². The zero-order valence-electron chi connectivity index (χ0n) is 14.6. The second kappa shape index (κ2) is 8.93. The zero-order chi connectivity index (χ0) is 18.2. The average molecular weight is 344 g/mol. The Balaban J connectivity index is 2.25. The van der Waals surface area contributed by atoms with E-state index in [0.717, 1.165) is 24.1 Å². The first-order chi connectivity index (χ1) is 12.1. The Hall–Kier alpha value is -2.74. The van der Waals surface area contributed by atoms with E-state index in [4.69, 9.17) is 10.1 Å². The molecule has 0 atom stereocenters. The number of aryl methyl sites for hydroxylation is 1. The number of ether oxygens (including phenoxy) is 1. The molecule has 0 aliphatic heterocycles. The van der Waals surface area contributed by atoms with E-state index in [0.29, 0.717) is 24.7 Å². The number of hydrogen-bond donors (Lipinski definition) is 3. The van der Waals surface area contributed by atoms with Crippen molar-refractivity contribution in [3.05, 3.63) is 45.8 Å². The SMILES string of the molecule is C=NC(=N)c1[nH]c(=O)n(Cc2ccc(C)nc2)c1NCOCCCC. The fraction of sp³-hybridized carbons (Fsp3) is 0.412. The molecule has 0 radical (unpaired) electrons.